The lowest BCUT2D eigenvalue weighted by Crippen LogP contribution is -2.25. The first-order chi connectivity index (χ1) is 8.27. The van der Waals surface area contributed by atoms with Gasteiger partial charge in [0.2, 0.25) is 0 Å². The van der Waals surface area contributed by atoms with E-state index in [1.54, 1.807) is 6.07 Å². The van der Waals surface area contributed by atoms with E-state index in [9.17, 15) is 4.21 Å². The Morgan fingerprint density at radius 2 is 2.06 bits per heavy atom. The maximum Gasteiger partial charge on any atom is 0.170 e. The fraction of sp³-hybridized carbons (Fsp3) is 0.462. The minimum absolute atomic E-state index is 0.0607. The number of oxime groups is 1. The zero-order valence-corrected chi connectivity index (χ0v) is 12.0. The lowest BCUT2D eigenvalue weighted by Gasteiger charge is -2.23. The van der Waals surface area contributed by atoms with E-state index in [0.29, 0.717) is 5.56 Å². The normalized spacial score (nSPS) is 16.3. The van der Waals surface area contributed by atoms with E-state index in [1.807, 2.05) is 45.9 Å². The fourth-order valence-corrected chi connectivity index (χ4v) is 3.12. The molecule has 4 nitrogen and oxygen atoms in total. The molecule has 0 aliphatic rings. The summed E-state index contributed by atoms with van der Waals surface area (Å²) in [5, 5.41) is 11.5. The lowest BCUT2D eigenvalue weighted by atomic mass is 10.1. The van der Waals surface area contributed by atoms with Crippen molar-refractivity contribution in [2.75, 3.05) is 0 Å². The van der Waals surface area contributed by atoms with Crippen LogP contribution in [0.1, 0.15) is 44.1 Å². The molecule has 0 bridgehead atoms. The Hall–Kier alpha value is -1.36. The summed E-state index contributed by atoms with van der Waals surface area (Å²) in [4.78, 5) is 0. The minimum atomic E-state index is -1.000. The van der Waals surface area contributed by atoms with Gasteiger partial charge in [0, 0.05) is 21.1 Å². The second kappa shape index (κ2) is 5.52. The van der Waals surface area contributed by atoms with Crippen molar-refractivity contribution in [3.8, 4) is 0 Å². The first-order valence-corrected chi connectivity index (χ1v) is 6.97. The van der Waals surface area contributed by atoms with Crippen LogP contribution in [0.25, 0.3) is 0 Å². The van der Waals surface area contributed by atoms with Gasteiger partial charge in [0.15, 0.2) is 5.84 Å². The van der Waals surface area contributed by atoms with Crippen LogP contribution in [0.4, 0.5) is 0 Å². The summed E-state index contributed by atoms with van der Waals surface area (Å²) >= 11 is 0. The van der Waals surface area contributed by atoms with Crippen LogP contribution in [-0.2, 0) is 10.8 Å². The Kier molecular flexibility index (Phi) is 4.51. The van der Waals surface area contributed by atoms with Gasteiger partial charge in [-0.2, -0.15) is 0 Å². The fourth-order valence-electron chi connectivity index (χ4n) is 1.66. The third kappa shape index (κ3) is 3.32. The van der Waals surface area contributed by atoms with Gasteiger partial charge >= 0.3 is 0 Å². The molecule has 0 radical (unpaired) electrons. The number of amidine groups is 1. The third-order valence-corrected chi connectivity index (χ3v) is 4.81. The van der Waals surface area contributed by atoms with E-state index in [2.05, 4.69) is 5.16 Å². The van der Waals surface area contributed by atoms with Crippen LogP contribution in [0.2, 0.25) is 0 Å². The summed E-state index contributed by atoms with van der Waals surface area (Å²) in [5.41, 5.74) is 7.11. The van der Waals surface area contributed by atoms with Crippen LogP contribution < -0.4 is 5.73 Å². The lowest BCUT2D eigenvalue weighted by molar-refractivity contribution is 0.318. The predicted molar refractivity (Wildman–Crippen MR) is 75.3 cm³/mol. The minimum Gasteiger partial charge on any atom is -0.409 e. The van der Waals surface area contributed by atoms with Crippen LogP contribution in [0, 0.1) is 0 Å². The van der Waals surface area contributed by atoms with Crippen molar-refractivity contribution in [2.45, 2.75) is 37.7 Å². The summed E-state index contributed by atoms with van der Waals surface area (Å²) in [6, 6.07) is 7.29. The molecule has 0 saturated heterocycles. The number of hydrogen-bond acceptors (Lipinski definition) is 3. The van der Waals surface area contributed by atoms with Crippen molar-refractivity contribution in [2.24, 2.45) is 10.9 Å². The molecule has 0 heterocycles. The number of hydrogen-bond donors (Lipinski definition) is 2. The van der Waals surface area contributed by atoms with Gasteiger partial charge in [-0.25, -0.2) is 0 Å². The molecule has 100 valence electrons. The average Bonchev–Trinajstić information content (AvgIpc) is 2.35. The highest BCUT2D eigenvalue weighted by Gasteiger charge is 2.26. The number of nitrogens with two attached hydrogens (primary N) is 1. The van der Waals surface area contributed by atoms with E-state index in [1.165, 1.54) is 0 Å². The number of benzene rings is 1. The quantitative estimate of drug-likeness (QED) is 0.382. The molecule has 3 N–H and O–H groups in total. The van der Waals surface area contributed by atoms with Crippen molar-refractivity contribution >= 4 is 16.6 Å². The van der Waals surface area contributed by atoms with Crippen molar-refractivity contribution in [3.05, 3.63) is 35.4 Å². The highest BCUT2D eigenvalue weighted by Crippen LogP contribution is 2.27. The van der Waals surface area contributed by atoms with E-state index in [-0.39, 0.29) is 15.8 Å². The third-order valence-electron chi connectivity index (χ3n) is 2.68. The molecule has 0 saturated carbocycles. The maximum absolute atomic E-state index is 12.3. The molecule has 5 heteroatoms. The van der Waals surface area contributed by atoms with Crippen LogP contribution >= 0.6 is 0 Å². The summed E-state index contributed by atoms with van der Waals surface area (Å²) in [5.74, 6) is 0.0607. The van der Waals surface area contributed by atoms with E-state index in [0.717, 1.165) is 5.56 Å². The Morgan fingerprint density at radius 1 is 1.44 bits per heavy atom. The van der Waals surface area contributed by atoms with Crippen LogP contribution in [-0.4, -0.2) is 20.0 Å². The van der Waals surface area contributed by atoms with Crippen LogP contribution in [0.5, 0.6) is 0 Å². The topological polar surface area (TPSA) is 75.7 Å². The van der Waals surface area contributed by atoms with E-state index < -0.39 is 10.8 Å². The molecule has 0 aromatic heterocycles. The van der Waals surface area contributed by atoms with E-state index in [4.69, 9.17) is 10.9 Å². The molecular formula is C13H20N2O2S. The number of nitrogens with zero attached hydrogens (tertiary/aromatic N) is 1. The van der Waals surface area contributed by atoms with Gasteiger partial charge in [0.1, 0.15) is 0 Å². The highest BCUT2D eigenvalue weighted by molar-refractivity contribution is 7.86. The second-order valence-electron chi connectivity index (χ2n) is 5.16. The van der Waals surface area contributed by atoms with Gasteiger partial charge < -0.3 is 10.9 Å². The first-order valence-electron chi connectivity index (χ1n) is 5.76. The van der Waals surface area contributed by atoms with Gasteiger partial charge in [-0.15, -0.1) is 0 Å². The van der Waals surface area contributed by atoms with Crippen LogP contribution in [0.15, 0.2) is 29.4 Å². The van der Waals surface area contributed by atoms with Gasteiger partial charge in [0.25, 0.3) is 0 Å². The summed E-state index contributed by atoms with van der Waals surface area (Å²) in [6.45, 7) is 7.78. The molecule has 0 aliphatic heterocycles. The molecule has 0 fully saturated rings. The van der Waals surface area contributed by atoms with Crippen molar-refractivity contribution in [1.82, 2.24) is 0 Å². The zero-order valence-electron chi connectivity index (χ0n) is 11.2. The Balaban J connectivity index is 3.08. The predicted octanol–water partition coefficient (Wildman–Crippen LogP) is 2.39. The average molecular weight is 268 g/mol. The molecular weight excluding hydrogens is 248 g/mol. The zero-order chi connectivity index (χ0) is 13.9. The molecule has 18 heavy (non-hydrogen) atoms. The van der Waals surface area contributed by atoms with Gasteiger partial charge in [-0.1, -0.05) is 23.4 Å². The molecule has 1 aromatic rings. The Bertz CT molecular complexity index is 478. The van der Waals surface area contributed by atoms with Gasteiger partial charge in [-0.05, 0) is 39.3 Å². The van der Waals surface area contributed by atoms with E-state index >= 15 is 0 Å². The highest BCUT2D eigenvalue weighted by atomic mass is 32.2. The molecule has 1 rings (SSSR count). The van der Waals surface area contributed by atoms with Crippen molar-refractivity contribution in [1.29, 1.82) is 0 Å². The largest absolute Gasteiger partial charge is 0.409 e. The van der Waals surface area contributed by atoms with Crippen LogP contribution in [0.3, 0.4) is 0 Å². The standard InChI is InChI=1S/C13H20N2O2S/c1-9(18(17)13(2,3)4)10-6-5-7-11(8-10)12(14)15-16/h5-9,16H,1-4H3,(H2,14,15)/t9-,18?/m0/s1. The monoisotopic (exact) mass is 268 g/mol. The molecule has 2 atom stereocenters. The smallest absolute Gasteiger partial charge is 0.170 e. The molecule has 1 unspecified atom stereocenters. The second-order valence-corrected chi connectivity index (χ2v) is 7.69. The summed E-state index contributed by atoms with van der Waals surface area (Å²) in [7, 11) is -1.000. The maximum atomic E-state index is 12.3. The molecule has 0 spiro atoms. The van der Waals surface area contributed by atoms with Crippen molar-refractivity contribution in [3.63, 3.8) is 0 Å². The Morgan fingerprint density at radius 3 is 2.56 bits per heavy atom. The number of rotatable bonds is 3. The Labute approximate surface area is 110 Å². The van der Waals surface area contributed by atoms with Gasteiger partial charge in [0.05, 0.1) is 5.25 Å². The SMILES string of the molecule is C[C@@H](c1cccc(C(N)=NO)c1)S(=O)C(C)(C)C. The first kappa shape index (κ1) is 14.7. The summed E-state index contributed by atoms with van der Waals surface area (Å²) < 4.78 is 12.0. The molecule has 0 amide bonds. The van der Waals surface area contributed by atoms with Crippen molar-refractivity contribution < 1.29 is 9.42 Å². The molecule has 0 aliphatic carbocycles. The molecule has 1 aromatic carbocycles. The van der Waals surface area contributed by atoms with Gasteiger partial charge in [-0.3, -0.25) is 4.21 Å². The summed E-state index contributed by atoms with van der Waals surface area (Å²) in [6.07, 6.45) is 0.